The van der Waals surface area contributed by atoms with Crippen LogP contribution in [0.3, 0.4) is 0 Å². The Morgan fingerprint density at radius 2 is 1.83 bits per heavy atom. The number of halogens is 1. The highest BCUT2D eigenvalue weighted by Gasteiger charge is 2.33. The molecule has 0 unspecified atom stereocenters. The third-order valence-electron chi connectivity index (χ3n) is 7.81. The van der Waals surface area contributed by atoms with Gasteiger partial charge in [0.15, 0.2) is 0 Å². The number of carbonyl (C=O) groups is 5. The molecule has 3 rings (SSSR count). The Bertz CT molecular complexity index is 1120. The summed E-state index contributed by atoms with van der Waals surface area (Å²) in [5, 5.41) is 10.8. The number of allylic oxidation sites excluding steroid dienone is 1. The van der Waals surface area contributed by atoms with Crippen LogP contribution in [0.4, 0.5) is 9.18 Å². The quantitative estimate of drug-likeness (QED) is 0.211. The lowest BCUT2D eigenvalue weighted by molar-refractivity contribution is -0.131. The van der Waals surface area contributed by atoms with Crippen LogP contribution < -0.4 is 21.3 Å². The van der Waals surface area contributed by atoms with E-state index in [4.69, 9.17) is 4.74 Å². The zero-order valence-electron chi connectivity index (χ0n) is 23.7. The van der Waals surface area contributed by atoms with Crippen molar-refractivity contribution in [2.24, 2.45) is 11.8 Å². The van der Waals surface area contributed by atoms with Gasteiger partial charge in [-0.15, -0.1) is 0 Å². The molecule has 41 heavy (non-hydrogen) atoms. The average molecular weight is 573 g/mol. The van der Waals surface area contributed by atoms with Gasteiger partial charge < -0.3 is 30.8 Å². The van der Waals surface area contributed by atoms with E-state index in [0.29, 0.717) is 36.8 Å². The molecule has 1 aromatic rings. The molecule has 1 aliphatic heterocycles. The van der Waals surface area contributed by atoms with Crippen molar-refractivity contribution < 1.29 is 33.1 Å². The highest BCUT2D eigenvalue weighted by molar-refractivity contribution is 5.93. The van der Waals surface area contributed by atoms with E-state index in [9.17, 15) is 28.4 Å². The van der Waals surface area contributed by atoms with Gasteiger partial charge in [-0.25, -0.2) is 9.18 Å². The molecule has 2 aliphatic rings. The predicted molar refractivity (Wildman–Crippen MR) is 150 cm³/mol. The fraction of sp³-hybridized carbons (Fsp3) is 0.567. The molecule has 0 radical (unpaired) electrons. The molecule has 1 aromatic carbocycles. The predicted octanol–water partition coefficient (Wildman–Crippen LogP) is 3.05. The first-order valence-electron chi connectivity index (χ1n) is 14.3. The molecule has 0 bridgehead atoms. The van der Waals surface area contributed by atoms with Crippen LogP contribution in [0, 0.1) is 17.7 Å². The largest absolute Gasteiger partial charge is 0.445 e. The summed E-state index contributed by atoms with van der Waals surface area (Å²) in [6, 6.07) is 2.70. The van der Waals surface area contributed by atoms with E-state index in [-0.39, 0.29) is 30.8 Å². The number of ether oxygens (including phenoxy) is 1. The van der Waals surface area contributed by atoms with Crippen LogP contribution in [-0.4, -0.2) is 54.8 Å². The first kappa shape index (κ1) is 31.8. The lowest BCUT2D eigenvalue weighted by atomic mass is 9.84. The highest BCUT2D eigenvalue weighted by Crippen LogP contribution is 2.27. The summed E-state index contributed by atoms with van der Waals surface area (Å²) >= 11 is 0. The number of alkyl carbamates (subject to hydrolysis) is 1. The third kappa shape index (κ3) is 9.98. The van der Waals surface area contributed by atoms with Gasteiger partial charge in [-0.3, -0.25) is 14.4 Å². The third-order valence-corrected chi connectivity index (χ3v) is 7.81. The lowest BCUT2D eigenvalue weighted by Crippen LogP contribution is -2.56. The van der Waals surface area contributed by atoms with Crippen molar-refractivity contribution in [3.8, 4) is 0 Å². The van der Waals surface area contributed by atoms with E-state index in [2.05, 4.69) is 21.3 Å². The maximum absolute atomic E-state index is 13.5. The van der Waals surface area contributed by atoms with Gasteiger partial charge in [0.05, 0.1) is 6.04 Å². The Hall–Kier alpha value is -3.76. The van der Waals surface area contributed by atoms with Gasteiger partial charge in [0, 0.05) is 12.5 Å². The topological polar surface area (TPSA) is 143 Å². The van der Waals surface area contributed by atoms with Gasteiger partial charge in [0.2, 0.25) is 17.7 Å². The number of amides is 4. The zero-order valence-corrected chi connectivity index (χ0v) is 23.7. The molecule has 11 heteroatoms. The summed E-state index contributed by atoms with van der Waals surface area (Å²) in [7, 11) is 0. The van der Waals surface area contributed by atoms with Crippen molar-refractivity contribution >= 4 is 30.1 Å². The second-order valence-electron chi connectivity index (χ2n) is 10.9. The molecule has 4 amide bonds. The molecule has 1 saturated carbocycles. The van der Waals surface area contributed by atoms with Gasteiger partial charge in [0.1, 0.15) is 30.8 Å². The molecule has 4 atom stereocenters. The molecule has 0 spiro atoms. The molecule has 1 aliphatic carbocycles. The Balaban J connectivity index is 1.68. The van der Waals surface area contributed by atoms with Gasteiger partial charge in [-0.1, -0.05) is 50.3 Å². The van der Waals surface area contributed by atoms with Crippen molar-refractivity contribution in [1.82, 2.24) is 21.3 Å². The number of carbonyl (C=O) groups excluding carboxylic acids is 5. The van der Waals surface area contributed by atoms with Crippen LogP contribution in [0.2, 0.25) is 0 Å². The monoisotopic (exact) mass is 572 g/mol. The molecular weight excluding hydrogens is 531 g/mol. The summed E-state index contributed by atoms with van der Waals surface area (Å²) in [5.74, 6) is -1.85. The summed E-state index contributed by atoms with van der Waals surface area (Å²) in [6.45, 7) is 3.73. The average Bonchev–Trinajstić information content (AvgIpc) is 3.37. The zero-order chi connectivity index (χ0) is 29.8. The maximum Gasteiger partial charge on any atom is 0.408 e. The van der Waals surface area contributed by atoms with Crippen LogP contribution in [0.15, 0.2) is 35.9 Å². The Morgan fingerprint density at radius 1 is 1.07 bits per heavy atom. The number of hydrogen-bond donors (Lipinski definition) is 4. The Kier molecular flexibility index (Phi) is 12.3. The van der Waals surface area contributed by atoms with Gasteiger partial charge in [0.25, 0.3) is 0 Å². The first-order chi connectivity index (χ1) is 19.7. The minimum atomic E-state index is -1.12. The number of aldehydes is 1. The van der Waals surface area contributed by atoms with E-state index in [1.165, 1.54) is 18.2 Å². The summed E-state index contributed by atoms with van der Waals surface area (Å²) in [4.78, 5) is 63.2. The van der Waals surface area contributed by atoms with Crippen LogP contribution in [0.25, 0.3) is 0 Å². The second kappa shape index (κ2) is 15.9. The van der Waals surface area contributed by atoms with E-state index in [1.807, 2.05) is 0 Å². The van der Waals surface area contributed by atoms with Gasteiger partial charge in [-0.05, 0) is 62.3 Å². The van der Waals surface area contributed by atoms with Gasteiger partial charge >= 0.3 is 6.09 Å². The number of nitrogens with one attached hydrogen (secondary N) is 4. The fourth-order valence-electron chi connectivity index (χ4n) is 5.34. The van der Waals surface area contributed by atoms with E-state index in [0.717, 1.165) is 32.1 Å². The molecule has 224 valence electrons. The van der Waals surface area contributed by atoms with Crippen molar-refractivity contribution in [2.75, 3.05) is 6.54 Å². The molecule has 10 nitrogen and oxygen atoms in total. The highest BCUT2D eigenvalue weighted by atomic mass is 19.1. The SMILES string of the molecule is C/C=C(/C)[C@H](NC(=O)OCc1cccc(F)c1)C(=O)N[C@@H](CC1CCCCC1)C(=O)N[C@H](C=O)C[C@@H]1CCNC1=O. The molecular formula is C30H41FN4O6. The van der Waals surface area contributed by atoms with E-state index >= 15 is 0 Å². The number of rotatable bonds is 13. The summed E-state index contributed by atoms with van der Waals surface area (Å²) in [5.41, 5.74) is 0.980. The van der Waals surface area contributed by atoms with Crippen LogP contribution in [0.5, 0.6) is 0 Å². The lowest BCUT2D eigenvalue weighted by Gasteiger charge is -2.29. The first-order valence-corrected chi connectivity index (χ1v) is 14.3. The van der Waals surface area contributed by atoms with Crippen molar-refractivity contribution in [2.45, 2.75) is 89.9 Å². The normalized spacial score (nSPS) is 19.8. The Labute approximate surface area is 240 Å². The molecule has 1 saturated heterocycles. The minimum absolute atomic E-state index is 0.141. The molecule has 4 N–H and O–H groups in total. The van der Waals surface area contributed by atoms with Crippen molar-refractivity contribution in [3.63, 3.8) is 0 Å². The standard InChI is InChI=1S/C30H41FN4O6/c1-3-19(2)26(35-30(40)41-18-21-10-7-11-23(31)14-21)29(39)34-25(15-20-8-5-4-6-9-20)28(38)33-24(17-36)16-22-12-13-32-27(22)37/h3,7,10-11,14,17,20,22,24-26H,4-6,8-9,12-13,15-16,18H2,1-2H3,(H,32,37)(H,33,38)(H,34,39)(H,35,40)/b19-3-/t22-,24-,25-,26-/m0/s1. The minimum Gasteiger partial charge on any atom is -0.445 e. The van der Waals surface area contributed by atoms with Crippen molar-refractivity contribution in [1.29, 1.82) is 0 Å². The number of hydrogen-bond acceptors (Lipinski definition) is 6. The smallest absolute Gasteiger partial charge is 0.408 e. The van der Waals surface area contributed by atoms with E-state index < -0.39 is 41.9 Å². The maximum atomic E-state index is 13.5. The Morgan fingerprint density at radius 3 is 2.46 bits per heavy atom. The van der Waals surface area contributed by atoms with E-state index in [1.54, 1.807) is 26.0 Å². The van der Waals surface area contributed by atoms with Crippen LogP contribution in [-0.2, 0) is 30.5 Å². The van der Waals surface area contributed by atoms with Gasteiger partial charge in [-0.2, -0.15) is 0 Å². The molecule has 1 heterocycles. The van der Waals surface area contributed by atoms with Crippen LogP contribution in [0.1, 0.15) is 70.8 Å². The molecule has 2 fully saturated rings. The van der Waals surface area contributed by atoms with Crippen molar-refractivity contribution in [3.05, 3.63) is 47.3 Å². The number of benzene rings is 1. The van der Waals surface area contributed by atoms with Crippen LogP contribution >= 0.6 is 0 Å². The second-order valence-corrected chi connectivity index (χ2v) is 10.9. The fourth-order valence-corrected chi connectivity index (χ4v) is 5.34. The molecule has 0 aromatic heterocycles. The summed E-state index contributed by atoms with van der Waals surface area (Å²) in [6.07, 6.45) is 7.64. The summed E-state index contributed by atoms with van der Waals surface area (Å²) < 4.78 is 18.6.